The number of carbonyl (C=O) groups is 3. The standard InChI is InChI=1S/C12H14FN3O4/c1-7-4-8(13)2-3-9(7)16-12(20)15-5-10(17)14-6-11(18)19/h2-4H,5-6H2,1H3,(H,14,17)(H,18,19)(H2,15,16,20). The van der Waals surface area contributed by atoms with E-state index in [1.165, 1.54) is 18.2 Å². The lowest BCUT2D eigenvalue weighted by molar-refractivity contribution is -0.137. The van der Waals surface area contributed by atoms with Gasteiger partial charge in [-0.1, -0.05) is 0 Å². The minimum atomic E-state index is -1.18. The van der Waals surface area contributed by atoms with Crippen molar-refractivity contribution in [2.75, 3.05) is 18.4 Å². The number of benzene rings is 1. The second-order valence-electron chi connectivity index (χ2n) is 3.94. The maximum absolute atomic E-state index is 12.9. The number of nitrogens with one attached hydrogen (secondary N) is 3. The fourth-order valence-electron chi connectivity index (χ4n) is 1.33. The van der Waals surface area contributed by atoms with Gasteiger partial charge >= 0.3 is 12.0 Å². The van der Waals surface area contributed by atoms with Gasteiger partial charge in [-0.25, -0.2) is 9.18 Å². The molecule has 0 heterocycles. The summed E-state index contributed by atoms with van der Waals surface area (Å²) in [5, 5.41) is 15.1. The Bertz CT molecular complexity index is 533. The molecular weight excluding hydrogens is 269 g/mol. The van der Waals surface area contributed by atoms with Crippen LogP contribution in [0.3, 0.4) is 0 Å². The summed E-state index contributed by atoms with van der Waals surface area (Å²) >= 11 is 0. The molecule has 0 radical (unpaired) electrons. The van der Waals surface area contributed by atoms with Crippen LogP contribution in [-0.4, -0.2) is 36.1 Å². The van der Waals surface area contributed by atoms with Crippen molar-refractivity contribution >= 4 is 23.6 Å². The number of amides is 3. The fraction of sp³-hybridized carbons (Fsp3) is 0.250. The van der Waals surface area contributed by atoms with Crippen molar-refractivity contribution in [3.8, 4) is 0 Å². The highest BCUT2D eigenvalue weighted by molar-refractivity contribution is 5.93. The van der Waals surface area contributed by atoms with E-state index >= 15 is 0 Å². The Morgan fingerprint density at radius 3 is 2.50 bits per heavy atom. The molecule has 0 bridgehead atoms. The number of aliphatic carboxylic acids is 1. The molecule has 0 fully saturated rings. The number of aryl methyl sites for hydroxylation is 1. The quantitative estimate of drug-likeness (QED) is 0.629. The van der Waals surface area contributed by atoms with E-state index in [-0.39, 0.29) is 6.54 Å². The van der Waals surface area contributed by atoms with E-state index in [0.717, 1.165) is 0 Å². The number of carboxylic acids is 1. The minimum Gasteiger partial charge on any atom is -0.480 e. The number of hydrogen-bond acceptors (Lipinski definition) is 3. The molecule has 0 atom stereocenters. The van der Waals surface area contributed by atoms with Crippen molar-refractivity contribution < 1.29 is 23.9 Å². The molecule has 3 amide bonds. The lowest BCUT2D eigenvalue weighted by Gasteiger charge is -2.09. The molecule has 0 unspecified atom stereocenters. The second kappa shape index (κ2) is 7.07. The molecule has 0 aliphatic carbocycles. The number of halogens is 1. The number of anilines is 1. The Kier molecular flexibility index (Phi) is 5.45. The van der Waals surface area contributed by atoms with Crippen molar-refractivity contribution in [1.82, 2.24) is 10.6 Å². The zero-order valence-corrected chi connectivity index (χ0v) is 10.7. The molecule has 1 aromatic rings. The normalized spacial score (nSPS) is 9.70. The molecular formula is C12H14FN3O4. The Morgan fingerprint density at radius 2 is 1.90 bits per heavy atom. The first-order valence-electron chi connectivity index (χ1n) is 5.68. The highest BCUT2D eigenvalue weighted by atomic mass is 19.1. The van der Waals surface area contributed by atoms with Gasteiger partial charge in [-0.2, -0.15) is 0 Å². The molecule has 0 aliphatic rings. The van der Waals surface area contributed by atoms with Crippen LogP contribution in [-0.2, 0) is 9.59 Å². The van der Waals surface area contributed by atoms with Crippen LogP contribution >= 0.6 is 0 Å². The van der Waals surface area contributed by atoms with E-state index in [4.69, 9.17) is 5.11 Å². The minimum absolute atomic E-state index is 0.362. The van der Waals surface area contributed by atoms with E-state index in [1.54, 1.807) is 6.92 Å². The van der Waals surface area contributed by atoms with E-state index in [0.29, 0.717) is 11.3 Å². The van der Waals surface area contributed by atoms with Gasteiger partial charge < -0.3 is 21.1 Å². The van der Waals surface area contributed by atoms with Gasteiger partial charge in [-0.15, -0.1) is 0 Å². The zero-order valence-electron chi connectivity index (χ0n) is 10.7. The maximum atomic E-state index is 12.9. The van der Waals surface area contributed by atoms with Gasteiger partial charge in [0.25, 0.3) is 0 Å². The highest BCUT2D eigenvalue weighted by Crippen LogP contribution is 2.15. The number of carboxylic acid groups (broad SMARTS) is 1. The molecule has 0 aliphatic heterocycles. The topological polar surface area (TPSA) is 108 Å². The zero-order chi connectivity index (χ0) is 15.1. The average Bonchev–Trinajstić information content (AvgIpc) is 2.37. The van der Waals surface area contributed by atoms with Gasteiger partial charge in [0.2, 0.25) is 5.91 Å². The van der Waals surface area contributed by atoms with Crippen LogP contribution in [0.25, 0.3) is 0 Å². The molecule has 4 N–H and O–H groups in total. The van der Waals surface area contributed by atoms with E-state index in [1.807, 2.05) is 0 Å². The monoisotopic (exact) mass is 283 g/mol. The smallest absolute Gasteiger partial charge is 0.322 e. The summed E-state index contributed by atoms with van der Waals surface area (Å²) in [7, 11) is 0. The van der Waals surface area contributed by atoms with Gasteiger partial charge in [0, 0.05) is 5.69 Å². The van der Waals surface area contributed by atoms with Crippen LogP contribution in [0.15, 0.2) is 18.2 Å². The predicted octanol–water partition coefficient (Wildman–Crippen LogP) is 0.456. The number of carbonyl (C=O) groups excluding carboxylic acids is 2. The molecule has 7 nitrogen and oxygen atoms in total. The Labute approximate surface area is 114 Å². The van der Waals surface area contributed by atoms with Gasteiger partial charge in [0.1, 0.15) is 12.4 Å². The first-order valence-corrected chi connectivity index (χ1v) is 5.68. The number of hydrogen-bond donors (Lipinski definition) is 4. The summed E-state index contributed by atoms with van der Waals surface area (Å²) in [6.07, 6.45) is 0. The summed E-state index contributed by atoms with van der Waals surface area (Å²) in [6, 6.07) is 3.21. The number of urea groups is 1. The summed E-state index contributed by atoms with van der Waals surface area (Å²) in [6.45, 7) is 0.747. The number of rotatable bonds is 5. The summed E-state index contributed by atoms with van der Waals surface area (Å²) < 4.78 is 12.9. The van der Waals surface area contributed by atoms with Crippen molar-refractivity contribution in [2.24, 2.45) is 0 Å². The Morgan fingerprint density at radius 1 is 1.20 bits per heavy atom. The fourth-order valence-corrected chi connectivity index (χ4v) is 1.33. The molecule has 0 aromatic heterocycles. The van der Waals surface area contributed by atoms with Gasteiger partial charge in [-0.3, -0.25) is 9.59 Å². The molecule has 0 saturated heterocycles. The third kappa shape index (κ3) is 5.34. The van der Waals surface area contributed by atoms with Crippen molar-refractivity contribution in [1.29, 1.82) is 0 Å². The van der Waals surface area contributed by atoms with E-state index in [9.17, 15) is 18.8 Å². The van der Waals surface area contributed by atoms with Crippen LogP contribution in [0, 0.1) is 12.7 Å². The SMILES string of the molecule is Cc1cc(F)ccc1NC(=O)NCC(=O)NCC(=O)O. The van der Waals surface area contributed by atoms with Crippen LogP contribution < -0.4 is 16.0 Å². The lowest BCUT2D eigenvalue weighted by atomic mass is 10.2. The molecule has 8 heteroatoms. The molecule has 1 aromatic carbocycles. The van der Waals surface area contributed by atoms with Crippen LogP contribution in [0.2, 0.25) is 0 Å². The Balaban J connectivity index is 2.40. The third-order valence-electron chi connectivity index (χ3n) is 2.28. The van der Waals surface area contributed by atoms with Crippen LogP contribution in [0.5, 0.6) is 0 Å². The average molecular weight is 283 g/mol. The summed E-state index contributed by atoms with van der Waals surface area (Å²) in [5.41, 5.74) is 0.949. The van der Waals surface area contributed by atoms with E-state index < -0.39 is 30.3 Å². The highest BCUT2D eigenvalue weighted by Gasteiger charge is 2.08. The summed E-state index contributed by atoms with van der Waals surface area (Å²) in [4.78, 5) is 32.8. The molecule has 0 saturated carbocycles. The predicted molar refractivity (Wildman–Crippen MR) is 68.8 cm³/mol. The first kappa shape index (κ1) is 15.4. The van der Waals surface area contributed by atoms with Crippen molar-refractivity contribution in [3.05, 3.63) is 29.6 Å². The first-order chi connectivity index (χ1) is 9.38. The molecule has 0 spiro atoms. The molecule has 1 rings (SSSR count). The Hall–Kier alpha value is -2.64. The largest absolute Gasteiger partial charge is 0.480 e. The van der Waals surface area contributed by atoms with Gasteiger partial charge in [0.15, 0.2) is 0 Å². The van der Waals surface area contributed by atoms with Crippen LogP contribution in [0.4, 0.5) is 14.9 Å². The van der Waals surface area contributed by atoms with Gasteiger partial charge in [-0.05, 0) is 30.7 Å². The second-order valence-corrected chi connectivity index (χ2v) is 3.94. The van der Waals surface area contributed by atoms with Crippen molar-refractivity contribution in [3.63, 3.8) is 0 Å². The summed E-state index contributed by atoms with van der Waals surface area (Å²) in [5.74, 6) is -2.22. The molecule has 108 valence electrons. The van der Waals surface area contributed by atoms with E-state index in [2.05, 4.69) is 16.0 Å². The third-order valence-corrected chi connectivity index (χ3v) is 2.28. The van der Waals surface area contributed by atoms with Gasteiger partial charge in [0.05, 0.1) is 6.54 Å². The maximum Gasteiger partial charge on any atom is 0.322 e. The lowest BCUT2D eigenvalue weighted by Crippen LogP contribution is -2.40. The van der Waals surface area contributed by atoms with Crippen LogP contribution in [0.1, 0.15) is 5.56 Å². The van der Waals surface area contributed by atoms with Crippen molar-refractivity contribution in [2.45, 2.75) is 6.92 Å². The molecule has 20 heavy (non-hydrogen) atoms.